The van der Waals surface area contributed by atoms with Gasteiger partial charge in [0.2, 0.25) is 0 Å². The Labute approximate surface area is 92.2 Å². The van der Waals surface area contributed by atoms with Crippen molar-refractivity contribution in [2.75, 3.05) is 6.61 Å². The molecule has 0 spiro atoms. The lowest BCUT2D eigenvalue weighted by Crippen LogP contribution is -2.24. The van der Waals surface area contributed by atoms with E-state index in [-0.39, 0.29) is 0 Å². The first kappa shape index (κ1) is 10.7. The number of hydrogen-bond donors (Lipinski definition) is 0. The molecule has 0 bridgehead atoms. The molecule has 1 atom stereocenters. The van der Waals surface area contributed by atoms with Crippen molar-refractivity contribution in [1.29, 1.82) is 0 Å². The second-order valence-corrected chi connectivity index (χ2v) is 4.66. The van der Waals surface area contributed by atoms with E-state index < -0.39 is 0 Å². The largest absolute Gasteiger partial charge is 0.376 e. The molecule has 2 nitrogen and oxygen atoms in total. The predicted molar refractivity (Wildman–Crippen MR) is 62.2 cm³/mol. The van der Waals surface area contributed by atoms with Gasteiger partial charge >= 0.3 is 0 Å². The van der Waals surface area contributed by atoms with Gasteiger partial charge in [0.05, 0.1) is 6.10 Å². The van der Waals surface area contributed by atoms with Gasteiger partial charge in [0.15, 0.2) is 0 Å². The number of aromatic nitrogens is 1. The van der Waals surface area contributed by atoms with E-state index in [9.17, 15) is 0 Å². The highest BCUT2D eigenvalue weighted by Crippen LogP contribution is 2.19. The van der Waals surface area contributed by atoms with Gasteiger partial charge in [-0.2, -0.15) is 0 Å². The quantitative estimate of drug-likeness (QED) is 0.727. The van der Waals surface area contributed by atoms with Crippen LogP contribution in [0.4, 0.5) is 0 Å². The lowest BCUT2D eigenvalue weighted by Gasteiger charge is -2.23. The van der Waals surface area contributed by atoms with E-state index in [4.69, 9.17) is 4.74 Å². The summed E-state index contributed by atoms with van der Waals surface area (Å²) < 4.78 is 8.11. The van der Waals surface area contributed by atoms with Gasteiger partial charge < -0.3 is 9.30 Å². The fraction of sp³-hybridized carbons (Fsp3) is 0.692. The topological polar surface area (TPSA) is 14.2 Å². The Morgan fingerprint density at radius 3 is 2.67 bits per heavy atom. The Kier molecular flexibility index (Phi) is 3.15. The molecule has 1 saturated heterocycles. The van der Waals surface area contributed by atoms with Crippen LogP contribution in [0.1, 0.15) is 36.1 Å². The number of ether oxygens (including phenoxy) is 1. The van der Waals surface area contributed by atoms with Crippen LogP contribution in [0, 0.1) is 20.8 Å². The molecule has 1 aliphatic rings. The van der Waals surface area contributed by atoms with Gasteiger partial charge in [-0.1, -0.05) is 0 Å². The molecule has 1 aromatic heterocycles. The van der Waals surface area contributed by atoms with Crippen molar-refractivity contribution in [3.8, 4) is 0 Å². The van der Waals surface area contributed by atoms with Gasteiger partial charge in [-0.25, -0.2) is 0 Å². The maximum atomic E-state index is 5.77. The summed E-state index contributed by atoms with van der Waals surface area (Å²) in [5.74, 6) is 0. The lowest BCUT2D eigenvalue weighted by molar-refractivity contribution is 0.00574. The van der Waals surface area contributed by atoms with Gasteiger partial charge in [-0.05, 0) is 51.2 Å². The second kappa shape index (κ2) is 4.40. The Morgan fingerprint density at radius 2 is 2.13 bits per heavy atom. The van der Waals surface area contributed by atoms with Crippen LogP contribution in [0.15, 0.2) is 6.20 Å². The molecular formula is C13H21NO. The highest BCUT2D eigenvalue weighted by Gasteiger charge is 2.15. The molecule has 15 heavy (non-hydrogen) atoms. The molecule has 2 heteroatoms. The van der Waals surface area contributed by atoms with Crippen molar-refractivity contribution in [2.45, 2.75) is 52.7 Å². The minimum Gasteiger partial charge on any atom is -0.376 e. The third-order valence-corrected chi connectivity index (χ3v) is 3.59. The zero-order valence-corrected chi connectivity index (χ0v) is 10.0. The summed E-state index contributed by atoms with van der Waals surface area (Å²) in [5, 5.41) is 0. The van der Waals surface area contributed by atoms with E-state index in [1.807, 2.05) is 0 Å². The van der Waals surface area contributed by atoms with Gasteiger partial charge in [0.25, 0.3) is 0 Å². The van der Waals surface area contributed by atoms with Crippen molar-refractivity contribution < 1.29 is 4.74 Å². The van der Waals surface area contributed by atoms with Crippen LogP contribution in [0.25, 0.3) is 0 Å². The molecule has 2 heterocycles. The molecule has 1 fully saturated rings. The Balaban J connectivity index is 2.06. The van der Waals surface area contributed by atoms with Gasteiger partial charge in [-0.15, -0.1) is 0 Å². The molecule has 0 N–H and O–H groups in total. The smallest absolute Gasteiger partial charge is 0.0753 e. The van der Waals surface area contributed by atoms with E-state index in [1.165, 1.54) is 36.1 Å². The summed E-state index contributed by atoms with van der Waals surface area (Å²) in [5.41, 5.74) is 4.20. The monoisotopic (exact) mass is 207 g/mol. The van der Waals surface area contributed by atoms with Gasteiger partial charge in [0, 0.05) is 25.0 Å². The van der Waals surface area contributed by atoms with Crippen LogP contribution in [0.3, 0.4) is 0 Å². The maximum Gasteiger partial charge on any atom is 0.0753 e. The molecule has 1 aliphatic heterocycles. The zero-order chi connectivity index (χ0) is 10.8. The number of rotatable bonds is 2. The summed E-state index contributed by atoms with van der Waals surface area (Å²) in [6, 6.07) is 0. The minimum atomic E-state index is 0.434. The second-order valence-electron chi connectivity index (χ2n) is 4.66. The molecule has 1 aromatic rings. The predicted octanol–water partition coefficient (Wildman–Crippen LogP) is 2.98. The molecule has 1 unspecified atom stereocenters. The first-order valence-corrected chi connectivity index (χ1v) is 5.93. The molecule has 0 radical (unpaired) electrons. The summed E-state index contributed by atoms with van der Waals surface area (Å²) >= 11 is 0. The minimum absolute atomic E-state index is 0.434. The third kappa shape index (κ3) is 2.25. The van der Waals surface area contributed by atoms with Crippen molar-refractivity contribution in [1.82, 2.24) is 4.57 Å². The molecule has 0 saturated carbocycles. The summed E-state index contributed by atoms with van der Waals surface area (Å²) in [4.78, 5) is 0. The lowest BCUT2D eigenvalue weighted by atomic mass is 10.1. The number of hydrogen-bond acceptors (Lipinski definition) is 1. The fourth-order valence-corrected chi connectivity index (χ4v) is 2.29. The van der Waals surface area contributed by atoms with Crippen LogP contribution in [0.2, 0.25) is 0 Å². The van der Waals surface area contributed by atoms with Crippen LogP contribution in [0.5, 0.6) is 0 Å². The van der Waals surface area contributed by atoms with E-state index in [2.05, 4.69) is 31.5 Å². The average Bonchev–Trinajstić information content (AvgIpc) is 2.48. The van der Waals surface area contributed by atoms with Crippen LogP contribution in [-0.4, -0.2) is 17.3 Å². The maximum absolute atomic E-state index is 5.77. The van der Waals surface area contributed by atoms with Crippen LogP contribution >= 0.6 is 0 Å². The normalized spacial score (nSPS) is 21.9. The van der Waals surface area contributed by atoms with Crippen LogP contribution in [-0.2, 0) is 11.3 Å². The highest BCUT2D eigenvalue weighted by atomic mass is 16.5. The summed E-state index contributed by atoms with van der Waals surface area (Å²) in [7, 11) is 0. The Morgan fingerprint density at radius 1 is 1.33 bits per heavy atom. The van der Waals surface area contributed by atoms with Crippen molar-refractivity contribution in [3.63, 3.8) is 0 Å². The first-order chi connectivity index (χ1) is 7.18. The van der Waals surface area contributed by atoms with Crippen molar-refractivity contribution in [3.05, 3.63) is 23.0 Å². The molecule has 0 aliphatic carbocycles. The van der Waals surface area contributed by atoms with E-state index in [1.54, 1.807) is 0 Å². The highest BCUT2D eigenvalue weighted by molar-refractivity contribution is 5.28. The molecule has 2 rings (SSSR count). The van der Waals surface area contributed by atoms with Gasteiger partial charge in [0.1, 0.15) is 0 Å². The Bertz CT molecular complexity index is 335. The average molecular weight is 207 g/mol. The third-order valence-electron chi connectivity index (χ3n) is 3.59. The first-order valence-electron chi connectivity index (χ1n) is 5.93. The standard InChI is InChI=1S/C13H21NO/c1-10-8-14(12(3)11(10)2)9-13-6-4-5-7-15-13/h8,13H,4-7,9H2,1-3H3. The molecular weight excluding hydrogens is 186 g/mol. The van der Waals surface area contributed by atoms with Gasteiger partial charge in [-0.3, -0.25) is 0 Å². The SMILES string of the molecule is Cc1cn(CC2CCCCO2)c(C)c1C. The fourth-order valence-electron chi connectivity index (χ4n) is 2.29. The summed E-state index contributed by atoms with van der Waals surface area (Å²) in [6.07, 6.45) is 6.46. The zero-order valence-electron chi connectivity index (χ0n) is 10.0. The summed E-state index contributed by atoms with van der Waals surface area (Å²) in [6.45, 7) is 8.55. The van der Waals surface area contributed by atoms with Crippen molar-refractivity contribution >= 4 is 0 Å². The number of aryl methyl sites for hydroxylation is 1. The van der Waals surface area contributed by atoms with Crippen LogP contribution < -0.4 is 0 Å². The van der Waals surface area contributed by atoms with Crippen molar-refractivity contribution in [2.24, 2.45) is 0 Å². The van der Waals surface area contributed by atoms with E-state index >= 15 is 0 Å². The molecule has 84 valence electrons. The number of nitrogens with zero attached hydrogens (tertiary/aromatic N) is 1. The molecule has 0 amide bonds. The van der Waals surface area contributed by atoms with E-state index in [0.29, 0.717) is 6.10 Å². The molecule has 0 aromatic carbocycles. The Hall–Kier alpha value is -0.760. The van der Waals surface area contributed by atoms with E-state index in [0.717, 1.165) is 13.2 Å².